The maximum absolute atomic E-state index is 12.8. The third-order valence-corrected chi connectivity index (χ3v) is 4.74. The Morgan fingerprint density at radius 1 is 1.38 bits per heavy atom. The first-order chi connectivity index (χ1) is 12.3. The lowest BCUT2D eigenvalue weighted by molar-refractivity contribution is -0.0804. The molecule has 1 aliphatic rings. The minimum atomic E-state index is -4.78. The van der Waals surface area contributed by atoms with Crippen molar-refractivity contribution in [3.63, 3.8) is 0 Å². The smallest absolute Gasteiger partial charge is 0.455 e. The monoisotopic (exact) mass is 406 g/mol. The number of anilines is 1. The van der Waals surface area contributed by atoms with E-state index in [0.717, 1.165) is 16.2 Å². The summed E-state index contributed by atoms with van der Waals surface area (Å²) in [6, 6.07) is -0.505. The van der Waals surface area contributed by atoms with Crippen molar-refractivity contribution in [3.05, 3.63) is 30.3 Å². The zero-order chi connectivity index (χ0) is 19.3. The predicted octanol–water partition coefficient (Wildman–Crippen LogP) is 3.71. The van der Waals surface area contributed by atoms with Crippen LogP contribution in [0.1, 0.15) is 17.8 Å². The molecule has 2 amide bonds. The summed E-state index contributed by atoms with van der Waals surface area (Å²) in [6.45, 7) is 7.84. The molecule has 1 fully saturated rings. The molecule has 1 aromatic rings. The molecule has 1 atom stereocenters. The van der Waals surface area contributed by atoms with Crippen molar-refractivity contribution in [1.82, 2.24) is 15.1 Å². The highest BCUT2D eigenvalue weighted by molar-refractivity contribution is 7.80. The molecule has 11 heteroatoms. The van der Waals surface area contributed by atoms with Gasteiger partial charge in [-0.05, 0) is 18.6 Å². The lowest BCUT2D eigenvalue weighted by atomic mass is 10.2. The van der Waals surface area contributed by atoms with E-state index < -0.39 is 23.5 Å². The number of hydrogen-bond donors (Lipinski definition) is 0. The van der Waals surface area contributed by atoms with Crippen LogP contribution < -0.4 is 4.90 Å². The first kappa shape index (κ1) is 20.3. The Bertz CT molecular complexity index is 693. The van der Waals surface area contributed by atoms with Crippen LogP contribution in [0.5, 0.6) is 0 Å². The fourth-order valence-corrected chi connectivity index (χ4v) is 3.26. The Labute approximate surface area is 157 Å². The minimum Gasteiger partial charge on any atom is -0.455 e. The number of amides is 2. The molecular formula is C15H17F3N4O2S2. The number of halogens is 3. The number of ether oxygens (including phenoxy) is 1. The number of thiocarbonyl (C=S) groups is 1. The van der Waals surface area contributed by atoms with Crippen LogP contribution in [0.3, 0.4) is 0 Å². The molecule has 0 bridgehead atoms. The van der Waals surface area contributed by atoms with Crippen molar-refractivity contribution in [2.24, 2.45) is 0 Å². The maximum Gasteiger partial charge on any atom is 0.460 e. The fraction of sp³-hybridized carbons (Fsp3) is 0.467. The third kappa shape index (κ3) is 4.79. The quantitative estimate of drug-likeness (QED) is 0.510. The van der Waals surface area contributed by atoms with E-state index in [1.807, 2.05) is 0 Å². The van der Waals surface area contributed by atoms with Crippen LogP contribution in [0.25, 0.3) is 0 Å². The van der Waals surface area contributed by atoms with E-state index in [9.17, 15) is 18.0 Å². The van der Waals surface area contributed by atoms with Gasteiger partial charge in [-0.1, -0.05) is 23.5 Å². The van der Waals surface area contributed by atoms with Gasteiger partial charge in [-0.2, -0.15) is 13.2 Å². The van der Waals surface area contributed by atoms with E-state index in [1.54, 1.807) is 12.2 Å². The third-order valence-electron chi connectivity index (χ3n) is 3.47. The van der Waals surface area contributed by atoms with Gasteiger partial charge in [0.15, 0.2) is 6.23 Å². The van der Waals surface area contributed by atoms with Crippen molar-refractivity contribution in [2.45, 2.75) is 31.7 Å². The van der Waals surface area contributed by atoms with Gasteiger partial charge in [0, 0.05) is 25.9 Å². The van der Waals surface area contributed by atoms with Gasteiger partial charge < -0.3 is 9.64 Å². The van der Waals surface area contributed by atoms with E-state index in [-0.39, 0.29) is 18.1 Å². The van der Waals surface area contributed by atoms with Gasteiger partial charge in [-0.3, -0.25) is 0 Å². The highest BCUT2D eigenvalue weighted by atomic mass is 32.1. The number of hydrogen-bond acceptors (Lipinski definition) is 6. The molecule has 2 rings (SSSR count). The normalized spacial score (nSPS) is 18.0. The van der Waals surface area contributed by atoms with Gasteiger partial charge in [-0.15, -0.1) is 23.4 Å². The molecule has 1 unspecified atom stereocenters. The Balaban J connectivity index is 2.27. The number of allylic oxidation sites excluding steroid dienone is 1. The van der Waals surface area contributed by atoms with E-state index in [0.29, 0.717) is 24.4 Å². The van der Waals surface area contributed by atoms with Crippen LogP contribution in [0.2, 0.25) is 0 Å². The number of carbonyl (C=O) groups is 1. The van der Waals surface area contributed by atoms with E-state index in [2.05, 4.69) is 35.6 Å². The summed E-state index contributed by atoms with van der Waals surface area (Å²) in [6.07, 6.45) is -1.55. The molecule has 0 saturated carbocycles. The summed E-state index contributed by atoms with van der Waals surface area (Å²) in [4.78, 5) is 15.4. The number of nitrogens with zero attached hydrogens (tertiary/aromatic N) is 4. The second kappa shape index (κ2) is 8.58. The summed E-state index contributed by atoms with van der Waals surface area (Å²) in [7, 11) is 0. The van der Waals surface area contributed by atoms with Gasteiger partial charge >= 0.3 is 12.2 Å². The second-order valence-electron chi connectivity index (χ2n) is 5.33. The highest BCUT2D eigenvalue weighted by Gasteiger charge is 2.43. The first-order valence-electron chi connectivity index (χ1n) is 7.68. The van der Waals surface area contributed by atoms with Crippen molar-refractivity contribution < 1.29 is 22.7 Å². The summed E-state index contributed by atoms with van der Waals surface area (Å²) < 4.78 is 43.2. The van der Waals surface area contributed by atoms with Gasteiger partial charge in [0.2, 0.25) is 5.13 Å². The molecule has 0 aliphatic carbocycles. The topological polar surface area (TPSA) is 58.6 Å². The van der Waals surface area contributed by atoms with Crippen molar-refractivity contribution in [2.75, 3.05) is 18.0 Å². The SMILES string of the molecule is C=CCCN1CCC(OC(=S)C(F)(F)F)N(c2nnc(CC=C)s2)C1=O. The molecule has 142 valence electrons. The number of alkyl halides is 3. The largest absolute Gasteiger partial charge is 0.460 e. The van der Waals surface area contributed by atoms with Crippen LogP contribution in [0.15, 0.2) is 25.3 Å². The van der Waals surface area contributed by atoms with Gasteiger partial charge in [0.25, 0.3) is 5.05 Å². The summed E-state index contributed by atoms with van der Waals surface area (Å²) >= 11 is 5.39. The van der Waals surface area contributed by atoms with Gasteiger partial charge in [-0.25, -0.2) is 9.69 Å². The lowest BCUT2D eigenvalue weighted by Gasteiger charge is -2.39. The minimum absolute atomic E-state index is 0.148. The Morgan fingerprint density at radius 2 is 2.12 bits per heavy atom. The lowest BCUT2D eigenvalue weighted by Crippen LogP contribution is -2.56. The Morgan fingerprint density at radius 3 is 2.73 bits per heavy atom. The first-order valence-corrected chi connectivity index (χ1v) is 8.90. The predicted molar refractivity (Wildman–Crippen MR) is 96.2 cm³/mol. The molecule has 0 spiro atoms. The average Bonchev–Trinajstić information content (AvgIpc) is 3.02. The van der Waals surface area contributed by atoms with Crippen LogP contribution in [-0.4, -0.2) is 51.7 Å². The standard InChI is InChI=1S/C15H17F3N4O2S2/c1-3-5-8-21-9-7-11(24-12(25)15(16,17)18)22(14(21)23)13-20-19-10(26-13)6-4-2/h3-4,11H,1-2,5-9H2. The number of urea groups is 1. The molecule has 0 aromatic carbocycles. The zero-order valence-corrected chi connectivity index (χ0v) is 15.4. The van der Waals surface area contributed by atoms with Crippen molar-refractivity contribution in [1.29, 1.82) is 0 Å². The molecule has 26 heavy (non-hydrogen) atoms. The van der Waals surface area contributed by atoms with E-state index in [4.69, 9.17) is 4.74 Å². The van der Waals surface area contributed by atoms with Crippen LogP contribution in [-0.2, 0) is 11.2 Å². The molecule has 0 N–H and O–H groups in total. The van der Waals surface area contributed by atoms with Gasteiger partial charge in [0.1, 0.15) is 5.01 Å². The maximum atomic E-state index is 12.8. The molecule has 6 nitrogen and oxygen atoms in total. The van der Waals surface area contributed by atoms with Crippen molar-refractivity contribution >= 4 is 39.8 Å². The zero-order valence-electron chi connectivity index (χ0n) is 13.7. The summed E-state index contributed by atoms with van der Waals surface area (Å²) in [5.74, 6) is 0. The molecule has 1 saturated heterocycles. The highest BCUT2D eigenvalue weighted by Crippen LogP contribution is 2.30. The van der Waals surface area contributed by atoms with E-state index >= 15 is 0 Å². The average molecular weight is 406 g/mol. The van der Waals surface area contributed by atoms with Crippen LogP contribution in [0, 0.1) is 0 Å². The molecule has 1 aromatic heterocycles. The number of rotatable bonds is 7. The number of aromatic nitrogens is 2. The van der Waals surface area contributed by atoms with E-state index in [1.165, 1.54) is 4.90 Å². The van der Waals surface area contributed by atoms with Gasteiger partial charge in [0.05, 0.1) is 0 Å². The molecular weight excluding hydrogens is 389 g/mol. The Hall–Kier alpha value is -2.01. The molecule has 2 heterocycles. The summed E-state index contributed by atoms with van der Waals surface area (Å²) in [5.41, 5.74) is 0. The number of carbonyl (C=O) groups excluding carboxylic acids is 1. The molecule has 0 radical (unpaired) electrons. The van der Waals surface area contributed by atoms with Crippen LogP contribution in [0.4, 0.5) is 23.1 Å². The van der Waals surface area contributed by atoms with Crippen molar-refractivity contribution in [3.8, 4) is 0 Å². The molecule has 1 aliphatic heterocycles. The summed E-state index contributed by atoms with van der Waals surface area (Å²) in [5, 5.41) is 7.07. The fourth-order valence-electron chi connectivity index (χ4n) is 2.28. The van der Waals surface area contributed by atoms with Crippen LogP contribution >= 0.6 is 23.6 Å². The second-order valence-corrected chi connectivity index (χ2v) is 6.75. The Kier molecular flexibility index (Phi) is 6.70.